The fraction of sp³-hybridized carbons (Fsp3) is 0.462. The topological polar surface area (TPSA) is 152 Å². The number of alkyl halides is 2. The van der Waals surface area contributed by atoms with Crippen molar-refractivity contribution in [1.82, 2.24) is 34.6 Å². The fourth-order valence-corrected chi connectivity index (χ4v) is 8.90. The summed E-state index contributed by atoms with van der Waals surface area (Å²) in [6.45, 7) is 4.18. The summed E-state index contributed by atoms with van der Waals surface area (Å²) in [5, 5.41) is 6.23. The Morgan fingerprint density at radius 3 is 2.36 bits per heavy atom. The molecule has 17 heteroatoms. The van der Waals surface area contributed by atoms with E-state index in [-0.39, 0.29) is 42.1 Å². The summed E-state index contributed by atoms with van der Waals surface area (Å²) < 4.78 is 33.3. The zero-order chi connectivity index (χ0) is 38.9. The van der Waals surface area contributed by atoms with Crippen molar-refractivity contribution in [3.05, 3.63) is 60.0 Å². The minimum absolute atomic E-state index is 0.00430. The lowest BCUT2D eigenvalue weighted by Gasteiger charge is -2.49. The predicted molar refractivity (Wildman–Crippen MR) is 204 cm³/mol. The van der Waals surface area contributed by atoms with Crippen molar-refractivity contribution >= 4 is 63.5 Å². The first-order valence-electron chi connectivity index (χ1n) is 19.2. The van der Waals surface area contributed by atoms with E-state index in [1.807, 2.05) is 29.3 Å². The number of aromatic nitrogens is 4. The summed E-state index contributed by atoms with van der Waals surface area (Å²) in [5.74, 6) is -5.49. The van der Waals surface area contributed by atoms with Crippen LogP contribution < -0.4 is 25.3 Å². The highest BCUT2D eigenvalue weighted by atomic mass is 19.3. The number of hydrogen-bond acceptors (Lipinski definition) is 11. The third-order valence-electron chi connectivity index (χ3n) is 11.9. The highest BCUT2D eigenvalue weighted by molar-refractivity contribution is 6.13. The number of pyridine rings is 1. The van der Waals surface area contributed by atoms with Crippen LogP contribution in [0.5, 0.6) is 0 Å². The Morgan fingerprint density at radius 1 is 0.911 bits per heavy atom. The van der Waals surface area contributed by atoms with Crippen molar-refractivity contribution < 1.29 is 28.0 Å². The van der Waals surface area contributed by atoms with Crippen molar-refractivity contribution in [3.63, 3.8) is 0 Å². The Morgan fingerprint density at radius 2 is 1.66 bits per heavy atom. The number of benzene rings is 1. The lowest BCUT2D eigenvalue weighted by atomic mass is 9.99. The zero-order valence-electron chi connectivity index (χ0n) is 31.2. The van der Waals surface area contributed by atoms with Crippen LogP contribution in [-0.2, 0) is 20.3 Å². The van der Waals surface area contributed by atoms with E-state index < -0.39 is 29.7 Å². The van der Waals surface area contributed by atoms with Crippen LogP contribution in [0.4, 0.5) is 37.6 Å². The van der Waals surface area contributed by atoms with Gasteiger partial charge in [-0.3, -0.25) is 34.3 Å². The first-order valence-corrected chi connectivity index (χ1v) is 19.2. The van der Waals surface area contributed by atoms with Crippen molar-refractivity contribution in [3.8, 4) is 0 Å². The van der Waals surface area contributed by atoms with E-state index in [2.05, 4.69) is 35.0 Å². The molecule has 0 unspecified atom stereocenters. The second-order valence-corrected chi connectivity index (χ2v) is 15.5. The lowest BCUT2D eigenvalue weighted by molar-refractivity contribution is -0.144. The molecule has 2 N–H and O–H groups in total. The number of fused-ring (bicyclic) bond motifs is 2. The largest absolute Gasteiger partial charge is 0.368 e. The highest BCUT2D eigenvalue weighted by Gasteiger charge is 2.58. The van der Waals surface area contributed by atoms with E-state index >= 15 is 8.78 Å². The fourth-order valence-electron chi connectivity index (χ4n) is 8.90. The number of amides is 4. The number of carbonyl (C=O) groups excluding carboxylic acids is 4. The Balaban J connectivity index is 0.824. The summed E-state index contributed by atoms with van der Waals surface area (Å²) in [6.07, 6.45) is 7.82. The van der Waals surface area contributed by atoms with Gasteiger partial charge in [-0.25, -0.2) is 9.97 Å². The Labute approximate surface area is 321 Å². The normalized spacial score (nSPS) is 21.8. The maximum Gasteiger partial charge on any atom is 0.354 e. The van der Waals surface area contributed by atoms with Gasteiger partial charge in [-0.1, -0.05) is 18.9 Å². The number of rotatable bonds is 8. The van der Waals surface area contributed by atoms with Gasteiger partial charge in [-0.2, -0.15) is 13.8 Å². The smallest absolute Gasteiger partial charge is 0.354 e. The van der Waals surface area contributed by atoms with Crippen molar-refractivity contribution in [1.29, 1.82) is 0 Å². The van der Waals surface area contributed by atoms with Crippen LogP contribution in [0.1, 0.15) is 60.6 Å². The van der Waals surface area contributed by atoms with Crippen LogP contribution in [0.2, 0.25) is 0 Å². The molecule has 9 rings (SSSR count). The minimum atomic E-state index is -3.79. The Hall–Kier alpha value is -5.71. The van der Waals surface area contributed by atoms with Crippen LogP contribution in [-0.4, -0.2) is 118 Å². The average molecular weight is 768 g/mol. The van der Waals surface area contributed by atoms with E-state index in [4.69, 9.17) is 4.98 Å². The standard InChI is InChI=1S/C39H43F2N11O4/c1-47(2)36(55)30-18-23-19-43-38(46-34(23)51(30)24-6-3-4-7-24)44-31-12-10-25(20-42-31)48-14-16-49(17-15-48)26-21-50(22-26)27-8-5-9-28-33(27)39(40,41)37(56)52(28)29-11-13-32(53)45-35(29)54/h5,8-10,12,18-20,24,26,29H,3-4,6-7,11,13-17,21-22H2,1-2H3,(H,45,53,54)(H,42,43,44,46)/t29-/m0/s1. The molecule has 7 heterocycles. The van der Waals surface area contributed by atoms with Gasteiger partial charge in [0.15, 0.2) is 0 Å². The molecule has 15 nitrogen and oxygen atoms in total. The molecule has 4 aromatic rings. The number of imide groups is 1. The maximum absolute atomic E-state index is 15.6. The molecule has 3 saturated heterocycles. The second-order valence-electron chi connectivity index (χ2n) is 15.5. The molecule has 0 bridgehead atoms. The number of piperazine rings is 1. The van der Waals surface area contributed by atoms with Crippen LogP contribution in [0, 0.1) is 0 Å². The number of anilines is 5. The van der Waals surface area contributed by atoms with E-state index in [0.29, 0.717) is 36.2 Å². The zero-order valence-corrected chi connectivity index (χ0v) is 31.2. The molecule has 1 saturated carbocycles. The maximum atomic E-state index is 15.6. The SMILES string of the molecule is CN(C)C(=O)c1cc2cnc(Nc3ccc(N4CCN(C5CN(c6cccc7c6C(F)(F)C(=O)N7[C@H]6CCC(=O)NC6=O)C5)CC4)cn3)nc2n1C1CCCC1. The number of hydrogen-bond donors (Lipinski definition) is 2. The summed E-state index contributed by atoms with van der Waals surface area (Å²) in [4.78, 5) is 73.3. The molecular weight excluding hydrogens is 724 g/mol. The van der Waals surface area contributed by atoms with Gasteiger partial charge in [0.1, 0.15) is 23.2 Å². The molecule has 3 aromatic heterocycles. The Kier molecular flexibility index (Phi) is 8.86. The average Bonchev–Trinajstić information content (AvgIpc) is 3.88. The number of piperidine rings is 1. The van der Waals surface area contributed by atoms with Gasteiger partial charge >= 0.3 is 11.8 Å². The molecule has 0 radical (unpaired) electrons. The number of nitrogens with one attached hydrogen (secondary N) is 2. The molecular formula is C39H43F2N11O4. The predicted octanol–water partition coefficient (Wildman–Crippen LogP) is 3.64. The molecule has 4 aliphatic heterocycles. The first kappa shape index (κ1) is 36.0. The third kappa shape index (κ3) is 6.08. The second kappa shape index (κ2) is 13.8. The van der Waals surface area contributed by atoms with Crippen molar-refractivity contribution in [2.45, 2.75) is 62.6 Å². The molecule has 56 heavy (non-hydrogen) atoms. The molecule has 292 valence electrons. The number of nitrogens with zero attached hydrogens (tertiary/aromatic N) is 9. The molecule has 1 aliphatic carbocycles. The molecule has 4 amide bonds. The number of carbonyl (C=O) groups is 4. The van der Waals surface area contributed by atoms with Crippen LogP contribution >= 0.6 is 0 Å². The van der Waals surface area contributed by atoms with Crippen molar-refractivity contribution in [2.75, 3.05) is 73.4 Å². The van der Waals surface area contributed by atoms with E-state index in [1.54, 1.807) is 37.3 Å². The van der Waals surface area contributed by atoms with Crippen LogP contribution in [0.3, 0.4) is 0 Å². The number of halogens is 2. The summed E-state index contributed by atoms with van der Waals surface area (Å²) >= 11 is 0. The van der Waals surface area contributed by atoms with Gasteiger partial charge in [0.25, 0.3) is 5.91 Å². The van der Waals surface area contributed by atoms with Crippen molar-refractivity contribution in [2.24, 2.45) is 0 Å². The van der Waals surface area contributed by atoms with Crippen LogP contribution in [0.25, 0.3) is 11.0 Å². The Bertz CT molecular complexity index is 2230. The monoisotopic (exact) mass is 767 g/mol. The van der Waals surface area contributed by atoms with Gasteiger partial charge in [0, 0.05) is 89.1 Å². The molecule has 1 atom stereocenters. The molecule has 5 aliphatic rings. The molecule has 4 fully saturated rings. The van der Waals surface area contributed by atoms with Gasteiger partial charge < -0.3 is 24.6 Å². The minimum Gasteiger partial charge on any atom is -0.368 e. The van der Waals surface area contributed by atoms with Gasteiger partial charge in [-0.15, -0.1) is 0 Å². The molecule has 0 spiro atoms. The van der Waals surface area contributed by atoms with Crippen LogP contribution in [0.15, 0.2) is 48.8 Å². The third-order valence-corrected chi connectivity index (χ3v) is 11.9. The van der Waals surface area contributed by atoms with E-state index in [0.717, 1.165) is 73.5 Å². The van der Waals surface area contributed by atoms with E-state index in [1.165, 1.54) is 6.07 Å². The summed E-state index contributed by atoms with van der Waals surface area (Å²) in [5.41, 5.74) is 2.29. The van der Waals surface area contributed by atoms with Gasteiger partial charge in [-0.05, 0) is 49.6 Å². The van der Waals surface area contributed by atoms with Gasteiger partial charge in [0.05, 0.1) is 23.1 Å². The quantitative estimate of drug-likeness (QED) is 0.253. The summed E-state index contributed by atoms with van der Waals surface area (Å²) in [6, 6.07) is 9.71. The molecule has 1 aromatic carbocycles. The summed E-state index contributed by atoms with van der Waals surface area (Å²) in [7, 11) is 3.51. The highest BCUT2D eigenvalue weighted by Crippen LogP contribution is 2.51. The first-order chi connectivity index (χ1) is 27.0. The van der Waals surface area contributed by atoms with E-state index in [9.17, 15) is 19.2 Å². The van der Waals surface area contributed by atoms with Gasteiger partial charge in [0.2, 0.25) is 17.8 Å². The lowest BCUT2D eigenvalue weighted by Crippen LogP contribution is -2.63.